The third-order valence-corrected chi connectivity index (χ3v) is 7.42. The van der Waals surface area contributed by atoms with E-state index in [-0.39, 0.29) is 0 Å². The molecule has 1 aromatic heterocycles. The summed E-state index contributed by atoms with van der Waals surface area (Å²) < 4.78 is 0. The van der Waals surface area contributed by atoms with Gasteiger partial charge in [0.05, 0.1) is 0 Å². The number of aromatic nitrogens is 1. The highest BCUT2D eigenvalue weighted by Gasteiger charge is 2.37. The molecular formula is C25H26ClN3. The Balaban J connectivity index is 1.18. The molecule has 2 atom stereocenters. The summed E-state index contributed by atoms with van der Waals surface area (Å²) in [6, 6.07) is 6.14. The number of hydrogen-bond acceptors (Lipinski definition) is 2. The van der Waals surface area contributed by atoms with Crippen LogP contribution in [-0.2, 0) is 0 Å². The Kier molecular flexibility index (Phi) is 4.28. The lowest BCUT2D eigenvalue weighted by Gasteiger charge is -2.35. The number of H-pyrrole nitrogens is 1. The minimum absolute atomic E-state index is 0.617. The van der Waals surface area contributed by atoms with Crippen molar-refractivity contribution in [3.05, 3.63) is 64.4 Å². The maximum absolute atomic E-state index is 6.14. The van der Waals surface area contributed by atoms with E-state index in [0.717, 1.165) is 43.1 Å². The zero-order valence-electron chi connectivity index (χ0n) is 16.6. The fourth-order valence-electron chi connectivity index (χ4n) is 5.79. The monoisotopic (exact) mass is 403 g/mol. The molecule has 0 amide bonds. The Labute approximate surface area is 176 Å². The van der Waals surface area contributed by atoms with Gasteiger partial charge in [0.15, 0.2) is 0 Å². The van der Waals surface area contributed by atoms with Crippen LogP contribution in [0.15, 0.2) is 58.8 Å². The minimum atomic E-state index is 0.617. The summed E-state index contributed by atoms with van der Waals surface area (Å²) >= 11 is 6.14. The van der Waals surface area contributed by atoms with Crippen molar-refractivity contribution in [2.24, 2.45) is 16.8 Å². The van der Waals surface area contributed by atoms with E-state index in [1.165, 1.54) is 41.5 Å². The summed E-state index contributed by atoms with van der Waals surface area (Å²) in [4.78, 5) is 11.0. The van der Waals surface area contributed by atoms with Gasteiger partial charge in [-0.15, -0.1) is 0 Å². The summed E-state index contributed by atoms with van der Waals surface area (Å²) in [5, 5.41) is 2.06. The molecule has 4 heteroatoms. The highest BCUT2D eigenvalue weighted by atomic mass is 35.5. The van der Waals surface area contributed by atoms with Gasteiger partial charge in [-0.05, 0) is 49.0 Å². The summed E-state index contributed by atoms with van der Waals surface area (Å²) in [7, 11) is 0. The first-order valence-corrected chi connectivity index (χ1v) is 11.2. The number of benzene rings is 1. The van der Waals surface area contributed by atoms with Crippen molar-refractivity contribution in [1.82, 2.24) is 9.88 Å². The van der Waals surface area contributed by atoms with E-state index in [4.69, 9.17) is 16.6 Å². The summed E-state index contributed by atoms with van der Waals surface area (Å²) in [6.07, 6.45) is 14.0. The van der Waals surface area contributed by atoms with Crippen LogP contribution in [0.5, 0.6) is 0 Å². The molecule has 2 aromatic rings. The van der Waals surface area contributed by atoms with Crippen LogP contribution < -0.4 is 0 Å². The molecule has 4 aliphatic rings. The maximum atomic E-state index is 6.14. The molecule has 1 aromatic carbocycles. The molecule has 0 fully saturated rings. The van der Waals surface area contributed by atoms with Crippen LogP contribution in [-0.4, -0.2) is 41.8 Å². The second-order valence-corrected chi connectivity index (χ2v) is 9.28. The fourth-order valence-corrected chi connectivity index (χ4v) is 5.97. The van der Waals surface area contributed by atoms with E-state index in [1.807, 2.05) is 12.1 Å². The first kappa shape index (κ1) is 17.7. The SMILES string of the molecule is Clc1ccc2c(C3=CCN(CC4CC5=C(C=CC5)C5CCN=C45)CC3)c[nH]c2c1. The first-order chi connectivity index (χ1) is 14.3. The number of aliphatic imine (C=N–C) groups is 1. The number of aromatic amines is 1. The van der Waals surface area contributed by atoms with E-state index in [1.54, 1.807) is 11.1 Å². The van der Waals surface area contributed by atoms with Crippen molar-refractivity contribution in [3.63, 3.8) is 0 Å². The van der Waals surface area contributed by atoms with Crippen LogP contribution >= 0.6 is 11.6 Å². The number of hydrogen-bond donors (Lipinski definition) is 1. The summed E-state index contributed by atoms with van der Waals surface area (Å²) in [5.74, 6) is 1.24. The lowest BCUT2D eigenvalue weighted by Crippen LogP contribution is -2.39. The van der Waals surface area contributed by atoms with Crippen LogP contribution in [0.1, 0.15) is 31.2 Å². The Morgan fingerprint density at radius 3 is 3.14 bits per heavy atom. The molecule has 1 N–H and O–H groups in total. The van der Waals surface area contributed by atoms with Crippen molar-refractivity contribution in [2.75, 3.05) is 26.2 Å². The van der Waals surface area contributed by atoms with Gasteiger partial charge in [0.25, 0.3) is 0 Å². The van der Waals surface area contributed by atoms with Gasteiger partial charge in [0.1, 0.15) is 0 Å². The predicted octanol–water partition coefficient (Wildman–Crippen LogP) is 5.65. The van der Waals surface area contributed by atoms with E-state index in [9.17, 15) is 0 Å². The van der Waals surface area contributed by atoms with E-state index in [0.29, 0.717) is 11.8 Å². The van der Waals surface area contributed by atoms with Crippen LogP contribution in [0.3, 0.4) is 0 Å². The smallest absolute Gasteiger partial charge is 0.0475 e. The van der Waals surface area contributed by atoms with Gasteiger partial charge in [0, 0.05) is 71.4 Å². The largest absolute Gasteiger partial charge is 0.361 e. The standard InChI is InChI=1S/C25H26ClN3/c26-19-4-5-21-23(14-28-24(21)13-19)16-7-10-29(11-8-16)15-18-12-17-2-1-3-20(17)22-6-9-27-25(18)22/h1,3-5,7,13-14,18,22,28H,2,6,8-12,15H2. The lowest BCUT2D eigenvalue weighted by atomic mass is 9.75. The Bertz CT molecular complexity index is 1100. The Hall–Kier alpha value is -2.10. The van der Waals surface area contributed by atoms with Gasteiger partial charge in [-0.25, -0.2) is 0 Å². The van der Waals surface area contributed by atoms with Crippen LogP contribution in [0, 0.1) is 11.8 Å². The van der Waals surface area contributed by atoms with Crippen molar-refractivity contribution in [3.8, 4) is 0 Å². The van der Waals surface area contributed by atoms with Crippen LogP contribution in [0.25, 0.3) is 16.5 Å². The molecule has 2 aliphatic carbocycles. The number of halogens is 1. The van der Waals surface area contributed by atoms with Gasteiger partial charge < -0.3 is 4.98 Å². The molecule has 2 unspecified atom stereocenters. The third-order valence-electron chi connectivity index (χ3n) is 7.19. The van der Waals surface area contributed by atoms with E-state index < -0.39 is 0 Å². The molecular weight excluding hydrogens is 378 g/mol. The number of allylic oxidation sites excluding steroid dienone is 4. The van der Waals surface area contributed by atoms with Gasteiger partial charge >= 0.3 is 0 Å². The number of fused-ring (bicyclic) bond motifs is 3. The molecule has 0 radical (unpaired) electrons. The van der Waals surface area contributed by atoms with Gasteiger partial charge in [0.2, 0.25) is 0 Å². The molecule has 29 heavy (non-hydrogen) atoms. The number of rotatable bonds is 3. The molecule has 0 saturated carbocycles. The third kappa shape index (κ3) is 3.03. The minimum Gasteiger partial charge on any atom is -0.361 e. The Morgan fingerprint density at radius 1 is 1.28 bits per heavy atom. The molecule has 148 valence electrons. The normalized spacial score (nSPS) is 26.7. The van der Waals surface area contributed by atoms with Gasteiger partial charge in [-0.1, -0.05) is 41.5 Å². The zero-order chi connectivity index (χ0) is 19.4. The molecule has 0 bridgehead atoms. The zero-order valence-corrected chi connectivity index (χ0v) is 17.4. The molecule has 3 nitrogen and oxygen atoms in total. The molecule has 3 heterocycles. The maximum Gasteiger partial charge on any atom is 0.0475 e. The van der Waals surface area contributed by atoms with Crippen molar-refractivity contribution in [1.29, 1.82) is 0 Å². The van der Waals surface area contributed by atoms with Crippen molar-refractivity contribution < 1.29 is 0 Å². The topological polar surface area (TPSA) is 31.4 Å². The molecule has 2 aliphatic heterocycles. The van der Waals surface area contributed by atoms with E-state index >= 15 is 0 Å². The highest BCUT2D eigenvalue weighted by Crippen LogP contribution is 2.42. The van der Waals surface area contributed by atoms with Crippen molar-refractivity contribution >= 4 is 33.8 Å². The van der Waals surface area contributed by atoms with Gasteiger partial charge in [-0.3, -0.25) is 9.89 Å². The summed E-state index contributed by atoms with van der Waals surface area (Å²) in [5.41, 5.74) is 8.71. The number of nitrogens with one attached hydrogen (secondary N) is 1. The number of nitrogens with zero attached hydrogens (tertiary/aromatic N) is 2. The molecule has 0 saturated heterocycles. The van der Waals surface area contributed by atoms with Crippen molar-refractivity contribution in [2.45, 2.75) is 25.7 Å². The lowest BCUT2D eigenvalue weighted by molar-refractivity contribution is 0.274. The quantitative estimate of drug-likeness (QED) is 0.705. The molecule has 0 spiro atoms. The van der Waals surface area contributed by atoms with E-state index in [2.05, 4.69) is 40.4 Å². The average Bonchev–Trinajstić information content (AvgIpc) is 3.47. The first-order valence-electron chi connectivity index (χ1n) is 10.9. The summed E-state index contributed by atoms with van der Waals surface area (Å²) in [6.45, 7) is 4.34. The predicted molar refractivity (Wildman–Crippen MR) is 122 cm³/mol. The highest BCUT2D eigenvalue weighted by molar-refractivity contribution is 6.31. The second kappa shape index (κ2) is 7.00. The van der Waals surface area contributed by atoms with Gasteiger partial charge in [-0.2, -0.15) is 0 Å². The Morgan fingerprint density at radius 2 is 2.24 bits per heavy atom. The fraction of sp³-hybridized carbons (Fsp3) is 0.400. The van der Waals surface area contributed by atoms with Crippen LogP contribution in [0.4, 0.5) is 0 Å². The van der Waals surface area contributed by atoms with Crippen LogP contribution in [0.2, 0.25) is 5.02 Å². The average molecular weight is 404 g/mol. The molecule has 6 rings (SSSR count). The second-order valence-electron chi connectivity index (χ2n) is 8.85.